The minimum absolute atomic E-state index is 0.0911. The molecule has 2 fully saturated rings. The summed E-state index contributed by atoms with van der Waals surface area (Å²) in [5.74, 6) is -0.263. The number of carbonyl (C=O) groups is 2. The van der Waals surface area contributed by atoms with Crippen molar-refractivity contribution in [1.29, 1.82) is 0 Å². The van der Waals surface area contributed by atoms with Crippen molar-refractivity contribution >= 4 is 49.9 Å². The third-order valence-electron chi connectivity index (χ3n) is 6.30. The fraction of sp³-hybridized carbons (Fsp3) is 0.500. The van der Waals surface area contributed by atoms with E-state index in [1.54, 1.807) is 16.5 Å². The topological polar surface area (TPSA) is 99.7 Å². The second kappa shape index (κ2) is 10.5. The van der Waals surface area contributed by atoms with Crippen LogP contribution in [0.25, 0.3) is 0 Å². The van der Waals surface area contributed by atoms with E-state index < -0.39 is 16.1 Å². The van der Waals surface area contributed by atoms with Gasteiger partial charge in [-0.05, 0) is 36.6 Å². The van der Waals surface area contributed by atoms with Gasteiger partial charge in [0.1, 0.15) is 6.04 Å². The lowest BCUT2D eigenvalue weighted by Crippen LogP contribution is -2.58. The maximum Gasteiger partial charge on any atom is 0.248 e. The largest absolute Gasteiger partial charge is 0.328 e. The van der Waals surface area contributed by atoms with Gasteiger partial charge in [0.15, 0.2) is 5.13 Å². The quantitative estimate of drug-likeness (QED) is 0.613. The van der Waals surface area contributed by atoms with Crippen molar-refractivity contribution in [2.45, 2.75) is 49.5 Å². The fourth-order valence-electron chi connectivity index (χ4n) is 4.54. The van der Waals surface area contributed by atoms with Gasteiger partial charge in [0, 0.05) is 29.7 Å². The first-order valence-corrected chi connectivity index (χ1v) is 13.8. The second-order valence-corrected chi connectivity index (χ2v) is 11.7. The number of nitrogens with one attached hydrogen (secondary N) is 1. The monoisotopic (exact) mass is 510 g/mol. The number of thiazole rings is 1. The molecule has 0 bridgehead atoms. The van der Waals surface area contributed by atoms with Gasteiger partial charge < -0.3 is 10.2 Å². The molecule has 0 unspecified atom stereocenters. The maximum atomic E-state index is 13.2. The van der Waals surface area contributed by atoms with Gasteiger partial charge in [-0.15, -0.1) is 11.3 Å². The Morgan fingerprint density at radius 2 is 1.91 bits per heavy atom. The van der Waals surface area contributed by atoms with Crippen LogP contribution in [0, 0.1) is 5.92 Å². The van der Waals surface area contributed by atoms with Gasteiger partial charge in [0.2, 0.25) is 21.8 Å². The van der Waals surface area contributed by atoms with E-state index in [-0.39, 0.29) is 36.3 Å². The molecular formula is C22H27ClN4O4S2. The Balaban J connectivity index is 1.49. The number of piperazine rings is 1. The van der Waals surface area contributed by atoms with E-state index in [9.17, 15) is 18.0 Å². The molecule has 0 radical (unpaired) electrons. The molecule has 2 aliphatic rings. The molecule has 1 aromatic heterocycles. The van der Waals surface area contributed by atoms with E-state index in [2.05, 4.69) is 10.3 Å². The van der Waals surface area contributed by atoms with Crippen LogP contribution in [0.1, 0.15) is 38.5 Å². The third kappa shape index (κ3) is 5.74. The number of sulfonamides is 1. The van der Waals surface area contributed by atoms with Gasteiger partial charge in [-0.2, -0.15) is 4.31 Å². The van der Waals surface area contributed by atoms with Crippen molar-refractivity contribution in [3.05, 3.63) is 40.9 Å². The summed E-state index contributed by atoms with van der Waals surface area (Å²) in [6, 6.07) is 5.24. The maximum absolute atomic E-state index is 13.2. The Morgan fingerprint density at radius 3 is 2.55 bits per heavy atom. The summed E-state index contributed by atoms with van der Waals surface area (Å²) >= 11 is 7.20. The minimum atomic E-state index is -3.83. The summed E-state index contributed by atoms with van der Waals surface area (Å²) in [5.41, 5.74) is 0. The standard InChI is InChI=1S/C22H27ClN4O4S2/c23-17-6-8-18(9-7-17)33(30,31)26-11-12-27(20(28)15-26)19(14-16-4-2-1-3-5-16)21(29)25-22-24-10-13-32-22/h6-10,13,16,19H,1-5,11-12,14-15H2,(H,24,25,29)/t19-/m0/s1. The van der Waals surface area contributed by atoms with Crippen LogP contribution >= 0.6 is 22.9 Å². The molecular weight excluding hydrogens is 484 g/mol. The first-order chi connectivity index (χ1) is 15.8. The Kier molecular flexibility index (Phi) is 7.68. The number of amides is 2. The number of rotatable bonds is 7. The molecule has 1 aromatic carbocycles. The van der Waals surface area contributed by atoms with Crippen LogP contribution in [-0.4, -0.2) is 60.1 Å². The SMILES string of the molecule is O=C(Nc1nccs1)[C@H](CC1CCCCC1)N1CCN(S(=O)(=O)c2ccc(Cl)cc2)CC1=O. The lowest BCUT2D eigenvalue weighted by atomic mass is 9.84. The first-order valence-electron chi connectivity index (χ1n) is 11.1. The van der Waals surface area contributed by atoms with Gasteiger partial charge in [-0.1, -0.05) is 43.7 Å². The minimum Gasteiger partial charge on any atom is -0.328 e. The number of carbonyl (C=O) groups excluding carboxylic acids is 2. The van der Waals surface area contributed by atoms with E-state index in [1.165, 1.54) is 46.3 Å². The molecule has 1 atom stereocenters. The Labute approximate surface area is 203 Å². The van der Waals surface area contributed by atoms with Crippen molar-refractivity contribution in [3.8, 4) is 0 Å². The number of hydrogen-bond donors (Lipinski definition) is 1. The molecule has 1 saturated heterocycles. The first kappa shape index (κ1) is 24.1. The van der Waals surface area contributed by atoms with Crippen molar-refractivity contribution in [2.75, 3.05) is 25.0 Å². The second-order valence-electron chi connectivity index (χ2n) is 8.46. The van der Waals surface area contributed by atoms with Crippen molar-refractivity contribution in [1.82, 2.24) is 14.2 Å². The normalized spacial score (nSPS) is 19.4. The van der Waals surface area contributed by atoms with Crippen LogP contribution in [0.2, 0.25) is 5.02 Å². The van der Waals surface area contributed by atoms with Crippen LogP contribution in [0.15, 0.2) is 40.7 Å². The highest BCUT2D eigenvalue weighted by Crippen LogP contribution is 2.30. The van der Waals surface area contributed by atoms with Gasteiger partial charge in [-0.25, -0.2) is 13.4 Å². The highest BCUT2D eigenvalue weighted by Gasteiger charge is 2.39. The average molecular weight is 511 g/mol. The highest BCUT2D eigenvalue weighted by molar-refractivity contribution is 7.89. The smallest absolute Gasteiger partial charge is 0.248 e. The zero-order valence-electron chi connectivity index (χ0n) is 18.2. The Bertz CT molecular complexity index is 1070. The van der Waals surface area contributed by atoms with Crippen LogP contribution in [0.5, 0.6) is 0 Å². The van der Waals surface area contributed by atoms with Crippen LogP contribution < -0.4 is 5.32 Å². The summed E-state index contributed by atoms with van der Waals surface area (Å²) in [7, 11) is -3.83. The zero-order chi connectivity index (χ0) is 23.4. The van der Waals surface area contributed by atoms with E-state index >= 15 is 0 Å². The number of halogens is 1. The van der Waals surface area contributed by atoms with Gasteiger partial charge in [-0.3, -0.25) is 9.59 Å². The van der Waals surface area contributed by atoms with Gasteiger partial charge in [0.05, 0.1) is 11.4 Å². The zero-order valence-corrected chi connectivity index (χ0v) is 20.5. The molecule has 1 N–H and O–H groups in total. The molecule has 0 spiro atoms. The number of anilines is 1. The van der Waals surface area contributed by atoms with Crippen LogP contribution in [0.4, 0.5) is 5.13 Å². The summed E-state index contributed by atoms with van der Waals surface area (Å²) in [4.78, 5) is 32.1. The van der Waals surface area contributed by atoms with E-state index in [4.69, 9.17) is 11.6 Å². The molecule has 8 nitrogen and oxygen atoms in total. The number of benzene rings is 1. The average Bonchev–Trinajstić information content (AvgIpc) is 3.31. The molecule has 2 aromatic rings. The van der Waals surface area contributed by atoms with Crippen LogP contribution in [0.3, 0.4) is 0 Å². The summed E-state index contributed by atoms with van der Waals surface area (Å²) in [6.45, 7) is -0.00656. The molecule has 4 rings (SSSR count). The molecule has 2 heterocycles. The molecule has 33 heavy (non-hydrogen) atoms. The molecule has 2 amide bonds. The molecule has 1 aliphatic carbocycles. The molecule has 1 aliphatic heterocycles. The van der Waals surface area contributed by atoms with Gasteiger partial charge in [0.25, 0.3) is 0 Å². The third-order valence-corrected chi connectivity index (χ3v) is 9.10. The lowest BCUT2D eigenvalue weighted by Gasteiger charge is -2.39. The summed E-state index contributed by atoms with van der Waals surface area (Å²) in [6.07, 6.45) is 7.74. The molecule has 178 valence electrons. The predicted octanol–water partition coefficient (Wildman–Crippen LogP) is 3.61. The fourth-order valence-corrected chi connectivity index (χ4v) is 6.58. The van der Waals surface area contributed by atoms with Crippen molar-refractivity contribution in [2.24, 2.45) is 5.92 Å². The Hall–Kier alpha value is -2.01. The van der Waals surface area contributed by atoms with Crippen molar-refractivity contribution in [3.63, 3.8) is 0 Å². The predicted molar refractivity (Wildman–Crippen MR) is 128 cm³/mol. The summed E-state index contributed by atoms with van der Waals surface area (Å²) < 4.78 is 27.2. The van der Waals surface area contributed by atoms with E-state index in [0.717, 1.165) is 25.7 Å². The van der Waals surface area contributed by atoms with Gasteiger partial charge >= 0.3 is 0 Å². The van der Waals surface area contributed by atoms with Crippen LogP contribution in [-0.2, 0) is 19.6 Å². The van der Waals surface area contributed by atoms with E-state index in [1.807, 2.05) is 0 Å². The van der Waals surface area contributed by atoms with Crippen molar-refractivity contribution < 1.29 is 18.0 Å². The number of nitrogens with zero attached hydrogens (tertiary/aromatic N) is 3. The molecule has 11 heteroatoms. The summed E-state index contributed by atoms with van der Waals surface area (Å²) in [5, 5.41) is 5.53. The highest BCUT2D eigenvalue weighted by atomic mass is 35.5. The lowest BCUT2D eigenvalue weighted by molar-refractivity contribution is -0.142. The number of hydrogen-bond acceptors (Lipinski definition) is 6. The van der Waals surface area contributed by atoms with E-state index in [0.29, 0.717) is 22.5 Å². The number of aromatic nitrogens is 1. The Morgan fingerprint density at radius 1 is 1.18 bits per heavy atom. The molecule has 1 saturated carbocycles.